The van der Waals surface area contributed by atoms with E-state index in [0.29, 0.717) is 6.54 Å². The summed E-state index contributed by atoms with van der Waals surface area (Å²) in [6, 6.07) is 11.3. The lowest BCUT2D eigenvalue weighted by Crippen LogP contribution is -2.24. The van der Waals surface area contributed by atoms with Gasteiger partial charge in [-0.2, -0.15) is 0 Å². The number of amides is 1. The number of nitrogens with one attached hydrogen (secondary N) is 1. The molecule has 1 N–H and O–H groups in total. The molecule has 2 aromatic rings. The Balaban J connectivity index is 1.52. The molecule has 0 atom stereocenters. The highest BCUT2D eigenvalue weighted by Crippen LogP contribution is 2.14. The molecule has 0 spiro atoms. The molecule has 1 heterocycles. The van der Waals surface area contributed by atoms with Gasteiger partial charge in [0.1, 0.15) is 0 Å². The number of halogens is 2. The smallest absolute Gasteiger partial charge is 0.251 e. The van der Waals surface area contributed by atoms with E-state index in [4.69, 9.17) is 0 Å². The van der Waals surface area contributed by atoms with Crippen molar-refractivity contribution in [1.82, 2.24) is 10.2 Å². The Bertz CT molecular complexity index is 738. The van der Waals surface area contributed by atoms with E-state index in [0.717, 1.165) is 37.3 Å². The van der Waals surface area contributed by atoms with Gasteiger partial charge in [0.2, 0.25) is 0 Å². The van der Waals surface area contributed by atoms with Gasteiger partial charge in [0.05, 0.1) is 0 Å². The van der Waals surface area contributed by atoms with E-state index in [-0.39, 0.29) is 5.56 Å². The normalized spacial score (nSPS) is 15.5. The lowest BCUT2D eigenvalue weighted by molar-refractivity contribution is 0.0950. The second-order valence-electron chi connectivity index (χ2n) is 6.82. The van der Waals surface area contributed by atoms with Gasteiger partial charge in [-0.15, -0.1) is 0 Å². The number of carbonyl (C=O) groups excluding carboxylic acids is 1. The van der Waals surface area contributed by atoms with Crippen molar-refractivity contribution in [2.24, 2.45) is 0 Å². The summed E-state index contributed by atoms with van der Waals surface area (Å²) in [7, 11) is 0. The first kappa shape index (κ1) is 18.5. The van der Waals surface area contributed by atoms with Crippen LogP contribution in [-0.2, 0) is 13.1 Å². The van der Waals surface area contributed by atoms with Gasteiger partial charge in [-0.3, -0.25) is 9.69 Å². The summed E-state index contributed by atoms with van der Waals surface area (Å²) in [6.45, 7) is 3.63. The zero-order valence-electron chi connectivity index (χ0n) is 14.8. The minimum Gasteiger partial charge on any atom is -0.348 e. The molecule has 3 nitrogen and oxygen atoms in total. The van der Waals surface area contributed by atoms with Gasteiger partial charge in [0.15, 0.2) is 11.6 Å². The van der Waals surface area contributed by atoms with Gasteiger partial charge in [0.25, 0.3) is 5.91 Å². The number of rotatable bonds is 5. The van der Waals surface area contributed by atoms with E-state index in [1.54, 1.807) is 0 Å². The third kappa shape index (κ3) is 5.11. The van der Waals surface area contributed by atoms with Crippen LogP contribution in [0.25, 0.3) is 0 Å². The molecule has 1 aliphatic rings. The summed E-state index contributed by atoms with van der Waals surface area (Å²) < 4.78 is 26.1. The minimum absolute atomic E-state index is 0.113. The van der Waals surface area contributed by atoms with Crippen molar-refractivity contribution in [2.75, 3.05) is 13.1 Å². The third-order valence-electron chi connectivity index (χ3n) is 4.76. The van der Waals surface area contributed by atoms with E-state index in [9.17, 15) is 13.6 Å². The molecule has 26 heavy (non-hydrogen) atoms. The van der Waals surface area contributed by atoms with Gasteiger partial charge in [-0.25, -0.2) is 8.78 Å². The van der Waals surface area contributed by atoms with Crippen LogP contribution in [0.5, 0.6) is 0 Å². The third-order valence-corrected chi connectivity index (χ3v) is 4.76. The number of hydrogen-bond donors (Lipinski definition) is 1. The molecule has 2 aromatic carbocycles. The maximum Gasteiger partial charge on any atom is 0.251 e. The monoisotopic (exact) mass is 358 g/mol. The molecule has 0 radical (unpaired) electrons. The maximum absolute atomic E-state index is 13.2. The van der Waals surface area contributed by atoms with E-state index in [1.807, 2.05) is 12.1 Å². The summed E-state index contributed by atoms with van der Waals surface area (Å²) in [6.07, 6.45) is 5.20. The van der Waals surface area contributed by atoms with Crippen molar-refractivity contribution < 1.29 is 13.6 Å². The number of carbonyl (C=O) groups is 1. The summed E-state index contributed by atoms with van der Waals surface area (Å²) in [5, 5.41) is 2.73. The molecular formula is C21H24F2N2O. The van der Waals surface area contributed by atoms with Crippen LogP contribution < -0.4 is 5.32 Å². The number of benzene rings is 2. The van der Waals surface area contributed by atoms with Crippen LogP contribution in [0.4, 0.5) is 8.78 Å². The van der Waals surface area contributed by atoms with Gasteiger partial charge >= 0.3 is 0 Å². The molecule has 0 saturated carbocycles. The Morgan fingerprint density at radius 1 is 0.885 bits per heavy atom. The Morgan fingerprint density at radius 2 is 1.54 bits per heavy atom. The van der Waals surface area contributed by atoms with Crippen LogP contribution in [0.2, 0.25) is 0 Å². The SMILES string of the molecule is O=C(NCc1ccc(CN2CCCCCC2)cc1)c1ccc(F)c(F)c1. The molecular weight excluding hydrogens is 334 g/mol. The van der Waals surface area contributed by atoms with Crippen LogP contribution in [-0.4, -0.2) is 23.9 Å². The lowest BCUT2D eigenvalue weighted by atomic mass is 10.1. The van der Waals surface area contributed by atoms with Gasteiger partial charge in [-0.05, 0) is 55.3 Å². The average Bonchev–Trinajstić information content (AvgIpc) is 2.92. The van der Waals surface area contributed by atoms with Crippen LogP contribution in [0.1, 0.15) is 47.2 Å². The van der Waals surface area contributed by atoms with Crippen molar-refractivity contribution in [3.63, 3.8) is 0 Å². The van der Waals surface area contributed by atoms with Crippen LogP contribution >= 0.6 is 0 Å². The Hall–Kier alpha value is -2.27. The first-order chi connectivity index (χ1) is 12.6. The zero-order chi connectivity index (χ0) is 18.4. The first-order valence-electron chi connectivity index (χ1n) is 9.15. The predicted octanol–water partition coefficient (Wildman–Crippen LogP) is 4.27. The van der Waals surface area contributed by atoms with Crippen molar-refractivity contribution in [2.45, 2.75) is 38.8 Å². The number of nitrogens with zero attached hydrogens (tertiary/aromatic N) is 1. The molecule has 0 unspecified atom stereocenters. The van der Waals surface area contributed by atoms with Crippen molar-refractivity contribution in [3.05, 3.63) is 70.8 Å². The maximum atomic E-state index is 13.2. The van der Waals surface area contributed by atoms with E-state index >= 15 is 0 Å². The second-order valence-corrected chi connectivity index (χ2v) is 6.82. The summed E-state index contributed by atoms with van der Waals surface area (Å²) in [4.78, 5) is 14.5. The highest BCUT2D eigenvalue weighted by atomic mass is 19.2. The zero-order valence-corrected chi connectivity index (χ0v) is 14.8. The first-order valence-corrected chi connectivity index (χ1v) is 9.15. The molecule has 0 aliphatic carbocycles. The topological polar surface area (TPSA) is 32.3 Å². The highest BCUT2D eigenvalue weighted by molar-refractivity contribution is 5.94. The summed E-state index contributed by atoms with van der Waals surface area (Å²) in [5.41, 5.74) is 2.35. The fourth-order valence-electron chi connectivity index (χ4n) is 3.24. The largest absolute Gasteiger partial charge is 0.348 e. The highest BCUT2D eigenvalue weighted by Gasteiger charge is 2.11. The number of hydrogen-bond acceptors (Lipinski definition) is 2. The summed E-state index contributed by atoms with van der Waals surface area (Å²) in [5.74, 6) is -2.39. The van der Waals surface area contributed by atoms with E-state index < -0.39 is 17.5 Å². The molecule has 1 fully saturated rings. The van der Waals surface area contributed by atoms with Gasteiger partial charge < -0.3 is 5.32 Å². The van der Waals surface area contributed by atoms with Crippen molar-refractivity contribution >= 4 is 5.91 Å². The second kappa shape index (κ2) is 8.90. The van der Waals surface area contributed by atoms with E-state index in [1.165, 1.54) is 37.3 Å². The average molecular weight is 358 g/mol. The Kier molecular flexibility index (Phi) is 6.34. The van der Waals surface area contributed by atoms with Crippen molar-refractivity contribution in [1.29, 1.82) is 0 Å². The molecule has 5 heteroatoms. The standard InChI is InChI=1S/C21H24F2N2O/c22-19-10-9-18(13-20(19)23)21(26)24-14-16-5-7-17(8-6-16)15-25-11-3-1-2-4-12-25/h5-10,13H,1-4,11-12,14-15H2,(H,24,26). The minimum atomic E-state index is -1.02. The molecule has 1 amide bonds. The number of likely N-dealkylation sites (tertiary alicyclic amines) is 1. The Labute approximate surface area is 153 Å². The van der Waals surface area contributed by atoms with Gasteiger partial charge in [-0.1, -0.05) is 37.1 Å². The van der Waals surface area contributed by atoms with Crippen LogP contribution in [0.3, 0.4) is 0 Å². The molecule has 138 valence electrons. The molecule has 1 aliphatic heterocycles. The molecule has 1 saturated heterocycles. The lowest BCUT2D eigenvalue weighted by Gasteiger charge is -2.19. The fraction of sp³-hybridized carbons (Fsp3) is 0.381. The molecule has 0 bridgehead atoms. The van der Waals surface area contributed by atoms with E-state index in [2.05, 4.69) is 22.3 Å². The molecule has 0 aromatic heterocycles. The fourth-order valence-corrected chi connectivity index (χ4v) is 3.24. The summed E-state index contributed by atoms with van der Waals surface area (Å²) >= 11 is 0. The van der Waals surface area contributed by atoms with Crippen molar-refractivity contribution in [3.8, 4) is 0 Å². The Morgan fingerprint density at radius 3 is 2.19 bits per heavy atom. The quantitative estimate of drug-likeness (QED) is 0.866. The molecule has 3 rings (SSSR count). The van der Waals surface area contributed by atoms with Crippen LogP contribution in [0.15, 0.2) is 42.5 Å². The van der Waals surface area contributed by atoms with Gasteiger partial charge in [0, 0.05) is 18.7 Å². The van der Waals surface area contributed by atoms with Crippen LogP contribution in [0, 0.1) is 11.6 Å². The predicted molar refractivity (Wildman–Crippen MR) is 97.7 cm³/mol.